The van der Waals surface area contributed by atoms with Gasteiger partial charge in [0.05, 0.1) is 17.4 Å². The minimum atomic E-state index is 0.0697. The maximum atomic E-state index is 6.13. The molecule has 0 saturated heterocycles. The Labute approximate surface area is 197 Å². The second-order valence-corrected chi connectivity index (χ2v) is 8.45. The number of pyridine rings is 1. The van der Waals surface area contributed by atoms with Gasteiger partial charge in [0, 0.05) is 40.2 Å². The molecular formula is C26H20Cl2N4. The molecule has 2 heterocycles. The first-order valence-electron chi connectivity index (χ1n) is 10.3. The summed E-state index contributed by atoms with van der Waals surface area (Å²) in [7, 11) is 0. The van der Waals surface area contributed by atoms with Crippen molar-refractivity contribution < 1.29 is 0 Å². The summed E-state index contributed by atoms with van der Waals surface area (Å²) in [4.78, 5) is 4.07. The predicted molar refractivity (Wildman–Crippen MR) is 133 cm³/mol. The maximum absolute atomic E-state index is 6.13. The van der Waals surface area contributed by atoms with Crippen molar-refractivity contribution in [2.75, 3.05) is 10.3 Å². The molecule has 6 heteroatoms. The summed E-state index contributed by atoms with van der Waals surface area (Å²) >= 11 is 12.2. The third kappa shape index (κ3) is 4.47. The van der Waals surface area contributed by atoms with Gasteiger partial charge in [-0.1, -0.05) is 47.5 Å². The average Bonchev–Trinajstić information content (AvgIpc) is 3.26. The summed E-state index contributed by atoms with van der Waals surface area (Å²) < 4.78 is 0. The quantitative estimate of drug-likeness (QED) is 0.336. The number of benzene rings is 3. The molecule has 0 radical (unpaired) electrons. The molecule has 32 heavy (non-hydrogen) atoms. The Balaban J connectivity index is 1.48. The standard InChI is InChI=1S/C26H20Cl2N4/c27-20-6-4-18(5-7-20)26-17-25(31-32(26)24-10-8-21(28)9-11-24)19-2-1-3-23(16-19)30-22-12-14-29-15-13-22/h1-16,26H,17H2,(H,29,30). The van der Waals surface area contributed by atoms with Gasteiger partial charge in [-0.15, -0.1) is 0 Å². The number of hydrogen-bond acceptors (Lipinski definition) is 4. The number of anilines is 3. The summed E-state index contributed by atoms with van der Waals surface area (Å²) in [6.45, 7) is 0. The van der Waals surface area contributed by atoms with Crippen molar-refractivity contribution >= 4 is 46.0 Å². The van der Waals surface area contributed by atoms with Crippen molar-refractivity contribution in [3.05, 3.63) is 118 Å². The van der Waals surface area contributed by atoms with Gasteiger partial charge in [-0.2, -0.15) is 5.10 Å². The molecule has 0 bridgehead atoms. The van der Waals surface area contributed by atoms with Crippen LogP contribution in [0.3, 0.4) is 0 Å². The van der Waals surface area contributed by atoms with E-state index >= 15 is 0 Å². The maximum Gasteiger partial charge on any atom is 0.0831 e. The zero-order valence-electron chi connectivity index (χ0n) is 17.1. The van der Waals surface area contributed by atoms with Crippen LogP contribution in [0.25, 0.3) is 0 Å². The lowest BCUT2D eigenvalue weighted by atomic mass is 9.98. The third-order valence-electron chi connectivity index (χ3n) is 5.42. The van der Waals surface area contributed by atoms with E-state index in [0.717, 1.165) is 45.3 Å². The highest BCUT2D eigenvalue weighted by Gasteiger charge is 2.30. The van der Waals surface area contributed by atoms with Gasteiger partial charge in [0.1, 0.15) is 0 Å². The Hall–Kier alpha value is -3.34. The molecular weight excluding hydrogens is 439 g/mol. The largest absolute Gasteiger partial charge is 0.355 e. The SMILES string of the molecule is Clc1ccc(C2CC(c3cccc(Nc4ccncc4)c3)=NN2c2ccc(Cl)cc2)cc1. The molecule has 0 amide bonds. The molecule has 158 valence electrons. The third-order valence-corrected chi connectivity index (χ3v) is 5.93. The lowest BCUT2D eigenvalue weighted by molar-refractivity contribution is 0.709. The average molecular weight is 459 g/mol. The summed E-state index contributed by atoms with van der Waals surface area (Å²) in [5, 5.41) is 11.9. The van der Waals surface area contributed by atoms with E-state index in [2.05, 4.69) is 39.6 Å². The number of rotatable bonds is 5. The summed E-state index contributed by atoms with van der Waals surface area (Å²) in [5.74, 6) is 0. The van der Waals surface area contributed by atoms with Crippen molar-refractivity contribution in [3.8, 4) is 0 Å². The molecule has 1 N–H and O–H groups in total. The number of nitrogens with one attached hydrogen (secondary N) is 1. The van der Waals surface area contributed by atoms with E-state index < -0.39 is 0 Å². The van der Waals surface area contributed by atoms with Crippen LogP contribution in [0.1, 0.15) is 23.6 Å². The monoisotopic (exact) mass is 458 g/mol. The van der Waals surface area contributed by atoms with Gasteiger partial charge in [-0.3, -0.25) is 9.99 Å². The van der Waals surface area contributed by atoms with E-state index in [1.165, 1.54) is 0 Å². The fourth-order valence-corrected chi connectivity index (χ4v) is 4.09. The van der Waals surface area contributed by atoms with Crippen LogP contribution in [0, 0.1) is 0 Å². The van der Waals surface area contributed by atoms with Crippen molar-refractivity contribution in [2.45, 2.75) is 12.5 Å². The van der Waals surface area contributed by atoms with E-state index in [4.69, 9.17) is 28.3 Å². The van der Waals surface area contributed by atoms with Gasteiger partial charge in [-0.05, 0) is 71.8 Å². The van der Waals surface area contributed by atoms with Crippen molar-refractivity contribution in [3.63, 3.8) is 0 Å². The normalized spacial score (nSPS) is 15.5. The Kier molecular flexibility index (Phi) is 5.80. The highest BCUT2D eigenvalue weighted by atomic mass is 35.5. The molecule has 0 spiro atoms. The Morgan fingerprint density at radius 3 is 2.19 bits per heavy atom. The molecule has 4 nitrogen and oxygen atoms in total. The van der Waals surface area contributed by atoms with Crippen LogP contribution in [-0.4, -0.2) is 10.7 Å². The zero-order chi connectivity index (χ0) is 21.9. The summed E-state index contributed by atoms with van der Waals surface area (Å²) in [6.07, 6.45) is 4.32. The first-order valence-corrected chi connectivity index (χ1v) is 11.1. The highest BCUT2D eigenvalue weighted by molar-refractivity contribution is 6.30. The molecule has 0 fully saturated rings. The molecule has 1 atom stereocenters. The van der Waals surface area contributed by atoms with Crippen LogP contribution in [-0.2, 0) is 0 Å². The van der Waals surface area contributed by atoms with Crippen LogP contribution in [0.5, 0.6) is 0 Å². The molecule has 3 aromatic carbocycles. The Bertz CT molecular complexity index is 1240. The number of nitrogens with zero attached hydrogens (tertiary/aromatic N) is 3. The van der Waals surface area contributed by atoms with E-state index in [-0.39, 0.29) is 6.04 Å². The Morgan fingerprint density at radius 2 is 1.47 bits per heavy atom. The zero-order valence-corrected chi connectivity index (χ0v) is 18.6. The number of aromatic nitrogens is 1. The van der Waals surface area contributed by atoms with Crippen LogP contribution in [0.15, 0.2) is 102 Å². The lowest BCUT2D eigenvalue weighted by Crippen LogP contribution is -2.18. The van der Waals surface area contributed by atoms with Crippen LogP contribution < -0.4 is 10.3 Å². The second-order valence-electron chi connectivity index (χ2n) is 7.58. The topological polar surface area (TPSA) is 40.5 Å². The predicted octanol–water partition coefficient (Wildman–Crippen LogP) is 7.49. The van der Waals surface area contributed by atoms with E-state index in [1.807, 2.05) is 60.7 Å². The van der Waals surface area contributed by atoms with Gasteiger partial charge in [0.15, 0.2) is 0 Å². The molecule has 4 aromatic rings. The van der Waals surface area contributed by atoms with Gasteiger partial charge in [0.2, 0.25) is 0 Å². The molecule has 1 unspecified atom stereocenters. The van der Waals surface area contributed by atoms with E-state index in [1.54, 1.807) is 12.4 Å². The van der Waals surface area contributed by atoms with Gasteiger partial charge >= 0.3 is 0 Å². The molecule has 1 aromatic heterocycles. The smallest absolute Gasteiger partial charge is 0.0831 e. The first kappa shape index (κ1) is 20.6. The van der Waals surface area contributed by atoms with Crippen molar-refractivity contribution in [1.82, 2.24) is 4.98 Å². The number of halogens is 2. The Morgan fingerprint density at radius 1 is 0.781 bits per heavy atom. The molecule has 0 aliphatic carbocycles. The van der Waals surface area contributed by atoms with Crippen molar-refractivity contribution in [1.29, 1.82) is 0 Å². The highest BCUT2D eigenvalue weighted by Crippen LogP contribution is 2.37. The molecule has 1 aliphatic rings. The van der Waals surface area contributed by atoms with Crippen LogP contribution >= 0.6 is 23.2 Å². The van der Waals surface area contributed by atoms with E-state index in [9.17, 15) is 0 Å². The fraction of sp³-hybridized carbons (Fsp3) is 0.0769. The molecule has 5 rings (SSSR count). The minimum Gasteiger partial charge on any atom is -0.355 e. The van der Waals surface area contributed by atoms with Gasteiger partial charge in [0.25, 0.3) is 0 Å². The summed E-state index contributed by atoms with van der Waals surface area (Å²) in [6, 6.07) is 28.0. The van der Waals surface area contributed by atoms with Crippen LogP contribution in [0.4, 0.5) is 17.1 Å². The van der Waals surface area contributed by atoms with Crippen molar-refractivity contribution in [2.24, 2.45) is 5.10 Å². The molecule has 1 aliphatic heterocycles. The fourth-order valence-electron chi connectivity index (χ4n) is 3.84. The van der Waals surface area contributed by atoms with Crippen LogP contribution in [0.2, 0.25) is 10.0 Å². The van der Waals surface area contributed by atoms with E-state index in [0.29, 0.717) is 5.02 Å². The molecule has 0 saturated carbocycles. The van der Waals surface area contributed by atoms with Gasteiger partial charge < -0.3 is 5.32 Å². The first-order chi connectivity index (χ1) is 15.7. The minimum absolute atomic E-state index is 0.0697. The summed E-state index contributed by atoms with van der Waals surface area (Å²) in [5.41, 5.74) is 6.26. The second kappa shape index (κ2) is 9.03. The number of hydrazone groups is 1. The lowest BCUT2D eigenvalue weighted by Gasteiger charge is -2.24. The number of hydrogen-bond donors (Lipinski definition) is 1. The van der Waals surface area contributed by atoms with Gasteiger partial charge in [-0.25, -0.2) is 0 Å².